The van der Waals surface area contributed by atoms with E-state index < -0.39 is 0 Å². The van der Waals surface area contributed by atoms with Gasteiger partial charge in [0.2, 0.25) is 5.91 Å². The molecule has 0 radical (unpaired) electrons. The number of nitrogens with one attached hydrogen (secondary N) is 3. The maximum atomic E-state index is 11.7. The summed E-state index contributed by atoms with van der Waals surface area (Å²) in [6.45, 7) is 2.20. The van der Waals surface area contributed by atoms with Crippen LogP contribution < -0.4 is 21.7 Å². The predicted molar refractivity (Wildman–Crippen MR) is 81.8 cm³/mol. The molecule has 1 aromatic rings. The molecule has 6 heteroatoms. The number of amides is 3. The van der Waals surface area contributed by atoms with Crippen molar-refractivity contribution in [2.24, 2.45) is 5.73 Å². The summed E-state index contributed by atoms with van der Waals surface area (Å²) in [6, 6.07) is 7.34. The van der Waals surface area contributed by atoms with Gasteiger partial charge in [0.05, 0.1) is 0 Å². The van der Waals surface area contributed by atoms with Crippen molar-refractivity contribution in [1.82, 2.24) is 10.6 Å². The monoisotopic (exact) mass is 290 g/mol. The molecule has 5 N–H and O–H groups in total. The summed E-state index contributed by atoms with van der Waals surface area (Å²) in [5, 5.41) is 8.26. The zero-order valence-corrected chi connectivity index (χ0v) is 12.2. The summed E-state index contributed by atoms with van der Waals surface area (Å²) < 4.78 is 0. The maximum absolute atomic E-state index is 11.7. The number of anilines is 1. The van der Waals surface area contributed by atoms with Crippen molar-refractivity contribution in [2.75, 3.05) is 11.9 Å². The van der Waals surface area contributed by atoms with Crippen molar-refractivity contribution < 1.29 is 9.59 Å². The van der Waals surface area contributed by atoms with Gasteiger partial charge < -0.3 is 21.7 Å². The zero-order chi connectivity index (χ0) is 15.2. The Balaban J connectivity index is 1.71. The molecule has 1 unspecified atom stereocenters. The van der Waals surface area contributed by atoms with Crippen LogP contribution in [0.5, 0.6) is 0 Å². The first kappa shape index (κ1) is 15.3. The molecule has 0 spiro atoms. The van der Waals surface area contributed by atoms with Crippen molar-refractivity contribution in [1.29, 1.82) is 0 Å². The number of benzene rings is 1. The highest BCUT2D eigenvalue weighted by molar-refractivity contribution is 5.89. The van der Waals surface area contributed by atoms with Gasteiger partial charge in [-0.3, -0.25) is 4.79 Å². The van der Waals surface area contributed by atoms with Crippen LogP contribution in [0.1, 0.15) is 37.8 Å². The van der Waals surface area contributed by atoms with E-state index in [1.165, 1.54) is 0 Å². The molecule has 3 amide bonds. The third-order valence-corrected chi connectivity index (χ3v) is 3.25. The number of carbonyl (C=O) groups is 2. The van der Waals surface area contributed by atoms with E-state index in [0.717, 1.165) is 18.4 Å². The molecular formula is C15H22N4O2. The van der Waals surface area contributed by atoms with Crippen molar-refractivity contribution in [3.63, 3.8) is 0 Å². The van der Waals surface area contributed by atoms with E-state index in [0.29, 0.717) is 24.7 Å². The van der Waals surface area contributed by atoms with Gasteiger partial charge in [-0.15, -0.1) is 0 Å². The Morgan fingerprint density at radius 2 is 2.14 bits per heavy atom. The third kappa shape index (κ3) is 5.43. The van der Waals surface area contributed by atoms with E-state index in [-0.39, 0.29) is 18.0 Å². The topological polar surface area (TPSA) is 96.2 Å². The number of hydrogen-bond acceptors (Lipinski definition) is 3. The smallest absolute Gasteiger partial charge is 0.319 e. The van der Waals surface area contributed by atoms with Gasteiger partial charge in [0, 0.05) is 30.7 Å². The number of hydrogen-bond donors (Lipinski definition) is 4. The minimum absolute atomic E-state index is 0.0169. The molecule has 1 aromatic carbocycles. The van der Waals surface area contributed by atoms with Crippen LogP contribution in [0.15, 0.2) is 24.3 Å². The molecule has 0 aliphatic heterocycles. The summed E-state index contributed by atoms with van der Waals surface area (Å²) in [4.78, 5) is 23.2. The summed E-state index contributed by atoms with van der Waals surface area (Å²) in [5.41, 5.74) is 7.44. The second kappa shape index (κ2) is 7.08. The lowest BCUT2D eigenvalue weighted by Gasteiger charge is -2.10. The van der Waals surface area contributed by atoms with Crippen LogP contribution in [-0.4, -0.2) is 24.5 Å². The number of urea groups is 1. The van der Waals surface area contributed by atoms with Crippen LogP contribution in [0.25, 0.3) is 0 Å². The number of nitrogens with two attached hydrogens (primary N) is 1. The minimum Gasteiger partial charge on any atom is -0.353 e. The molecule has 1 saturated carbocycles. The maximum Gasteiger partial charge on any atom is 0.319 e. The fourth-order valence-electron chi connectivity index (χ4n) is 1.89. The zero-order valence-electron chi connectivity index (χ0n) is 12.2. The highest BCUT2D eigenvalue weighted by atomic mass is 16.2. The van der Waals surface area contributed by atoms with Crippen LogP contribution in [0, 0.1) is 0 Å². The Morgan fingerprint density at radius 1 is 1.38 bits per heavy atom. The molecule has 6 nitrogen and oxygen atoms in total. The van der Waals surface area contributed by atoms with Crippen molar-refractivity contribution in [3.8, 4) is 0 Å². The molecular weight excluding hydrogens is 268 g/mol. The standard InChI is InChI=1S/C15H22N4O2/c1-10(16)11-3-2-4-13(9-11)19-15(21)17-8-7-14(20)18-12-5-6-12/h2-4,9-10,12H,5-8,16H2,1H3,(H,18,20)(H2,17,19,21). The normalized spacial score (nSPS) is 15.1. The van der Waals surface area contributed by atoms with E-state index in [1.807, 2.05) is 25.1 Å². The van der Waals surface area contributed by atoms with E-state index in [9.17, 15) is 9.59 Å². The summed E-state index contributed by atoms with van der Waals surface area (Å²) in [6.07, 6.45) is 2.43. The van der Waals surface area contributed by atoms with E-state index in [2.05, 4.69) is 16.0 Å². The Kier molecular flexibility index (Phi) is 5.16. The highest BCUT2D eigenvalue weighted by Gasteiger charge is 2.22. The lowest BCUT2D eigenvalue weighted by atomic mass is 10.1. The number of rotatable bonds is 6. The van der Waals surface area contributed by atoms with Crippen LogP contribution in [0.3, 0.4) is 0 Å². The largest absolute Gasteiger partial charge is 0.353 e. The van der Waals surface area contributed by atoms with Gasteiger partial charge in [-0.2, -0.15) is 0 Å². The van der Waals surface area contributed by atoms with Gasteiger partial charge in [0.15, 0.2) is 0 Å². The molecule has 2 rings (SSSR count). The van der Waals surface area contributed by atoms with Crippen LogP contribution in [0.2, 0.25) is 0 Å². The quantitative estimate of drug-likeness (QED) is 0.639. The van der Waals surface area contributed by atoms with E-state index in [1.54, 1.807) is 6.07 Å². The first-order chi connectivity index (χ1) is 10.0. The fraction of sp³-hybridized carbons (Fsp3) is 0.467. The van der Waals surface area contributed by atoms with Crippen LogP contribution >= 0.6 is 0 Å². The Labute approximate surface area is 124 Å². The van der Waals surface area contributed by atoms with Gasteiger partial charge in [-0.05, 0) is 37.5 Å². The van der Waals surface area contributed by atoms with Crippen molar-refractivity contribution in [2.45, 2.75) is 38.3 Å². The fourth-order valence-corrected chi connectivity index (χ4v) is 1.89. The molecule has 114 valence electrons. The molecule has 1 aliphatic carbocycles. The second-order valence-corrected chi connectivity index (χ2v) is 5.39. The molecule has 0 heterocycles. The Hall–Kier alpha value is -2.08. The van der Waals surface area contributed by atoms with E-state index >= 15 is 0 Å². The van der Waals surface area contributed by atoms with E-state index in [4.69, 9.17) is 5.73 Å². The van der Waals surface area contributed by atoms with Gasteiger partial charge in [0.1, 0.15) is 0 Å². The molecule has 0 bridgehead atoms. The lowest BCUT2D eigenvalue weighted by molar-refractivity contribution is -0.121. The van der Waals surface area contributed by atoms with Gasteiger partial charge in [0.25, 0.3) is 0 Å². The third-order valence-electron chi connectivity index (χ3n) is 3.25. The molecule has 0 aromatic heterocycles. The molecule has 1 fully saturated rings. The first-order valence-electron chi connectivity index (χ1n) is 7.24. The van der Waals surface area contributed by atoms with Gasteiger partial charge in [-0.25, -0.2) is 4.79 Å². The van der Waals surface area contributed by atoms with Gasteiger partial charge in [-0.1, -0.05) is 12.1 Å². The Bertz CT molecular complexity index is 512. The summed E-state index contributed by atoms with van der Waals surface area (Å²) >= 11 is 0. The SMILES string of the molecule is CC(N)c1cccc(NC(=O)NCCC(=O)NC2CC2)c1. The summed E-state index contributed by atoms with van der Waals surface area (Å²) in [7, 11) is 0. The second-order valence-electron chi connectivity index (χ2n) is 5.39. The lowest BCUT2D eigenvalue weighted by Crippen LogP contribution is -2.34. The summed E-state index contributed by atoms with van der Waals surface area (Å²) in [5.74, 6) is -0.0169. The molecule has 1 aliphatic rings. The van der Waals surface area contributed by atoms with Gasteiger partial charge >= 0.3 is 6.03 Å². The minimum atomic E-state index is -0.323. The van der Waals surface area contributed by atoms with Crippen LogP contribution in [0.4, 0.5) is 10.5 Å². The average Bonchev–Trinajstić information content (AvgIpc) is 3.22. The van der Waals surface area contributed by atoms with Crippen molar-refractivity contribution in [3.05, 3.63) is 29.8 Å². The highest BCUT2D eigenvalue weighted by Crippen LogP contribution is 2.18. The number of carbonyl (C=O) groups excluding carboxylic acids is 2. The predicted octanol–water partition coefficient (Wildman–Crippen LogP) is 1.50. The van der Waals surface area contributed by atoms with Crippen molar-refractivity contribution >= 4 is 17.6 Å². The average molecular weight is 290 g/mol. The molecule has 21 heavy (non-hydrogen) atoms. The Morgan fingerprint density at radius 3 is 2.81 bits per heavy atom. The first-order valence-corrected chi connectivity index (χ1v) is 7.24. The van der Waals surface area contributed by atoms with Crippen LogP contribution in [-0.2, 0) is 4.79 Å². The molecule has 1 atom stereocenters. The molecule has 0 saturated heterocycles.